The minimum absolute atomic E-state index is 0.102. The van der Waals surface area contributed by atoms with Gasteiger partial charge in [-0.25, -0.2) is 4.39 Å². The molecule has 18 heavy (non-hydrogen) atoms. The molecule has 98 valence electrons. The number of hydrogen-bond acceptors (Lipinski definition) is 1. The number of Topliss-reactive ketones (excluding diaryl/α,β-unsaturated/α-hetero) is 1. The molecule has 0 aromatic heterocycles. The summed E-state index contributed by atoms with van der Waals surface area (Å²) in [6.07, 6.45) is 4.29. The Morgan fingerprint density at radius 3 is 2.83 bits per heavy atom. The van der Waals surface area contributed by atoms with Crippen molar-refractivity contribution in [3.63, 3.8) is 0 Å². The summed E-state index contributed by atoms with van der Waals surface area (Å²) in [6.45, 7) is 2.16. The predicted octanol–water partition coefficient (Wildman–Crippen LogP) is 4.42. The van der Waals surface area contributed by atoms with Crippen molar-refractivity contribution in [2.75, 3.05) is 0 Å². The maximum Gasteiger partial charge on any atom is 0.140 e. The number of halogens is 2. The van der Waals surface area contributed by atoms with E-state index < -0.39 is 0 Å². The van der Waals surface area contributed by atoms with Crippen LogP contribution < -0.4 is 0 Å². The Morgan fingerprint density at radius 1 is 1.44 bits per heavy atom. The van der Waals surface area contributed by atoms with Gasteiger partial charge in [0.15, 0.2) is 0 Å². The third-order valence-corrected chi connectivity index (χ3v) is 4.34. The van der Waals surface area contributed by atoms with Gasteiger partial charge in [0, 0.05) is 22.9 Å². The van der Waals surface area contributed by atoms with E-state index in [1.165, 1.54) is 6.07 Å². The van der Waals surface area contributed by atoms with Crippen LogP contribution in [0.2, 0.25) is 5.02 Å². The fourth-order valence-corrected chi connectivity index (χ4v) is 2.99. The monoisotopic (exact) mass is 268 g/mol. The molecule has 0 heterocycles. The second kappa shape index (κ2) is 5.83. The minimum atomic E-state index is -0.374. The van der Waals surface area contributed by atoms with E-state index >= 15 is 0 Å². The van der Waals surface area contributed by atoms with Crippen molar-refractivity contribution >= 4 is 17.4 Å². The average Bonchev–Trinajstić information content (AvgIpc) is 2.82. The van der Waals surface area contributed by atoms with E-state index in [4.69, 9.17) is 11.6 Å². The van der Waals surface area contributed by atoms with Gasteiger partial charge in [-0.1, -0.05) is 31.0 Å². The molecule has 0 spiro atoms. The van der Waals surface area contributed by atoms with Crippen molar-refractivity contribution in [1.82, 2.24) is 0 Å². The Balaban J connectivity index is 2.04. The lowest BCUT2D eigenvalue weighted by Crippen LogP contribution is -2.15. The molecule has 0 aliphatic heterocycles. The normalized spacial score (nSPS) is 23.3. The third kappa shape index (κ3) is 2.92. The predicted molar refractivity (Wildman–Crippen MR) is 71.2 cm³/mol. The van der Waals surface area contributed by atoms with Crippen molar-refractivity contribution in [2.45, 2.75) is 39.0 Å². The van der Waals surface area contributed by atoms with Crippen molar-refractivity contribution in [3.05, 3.63) is 34.6 Å². The molecule has 0 bridgehead atoms. The van der Waals surface area contributed by atoms with Crippen molar-refractivity contribution in [1.29, 1.82) is 0 Å². The van der Waals surface area contributed by atoms with Crippen LogP contribution in [0.1, 0.15) is 38.2 Å². The number of rotatable bonds is 4. The molecule has 0 saturated heterocycles. The third-order valence-electron chi connectivity index (χ3n) is 3.99. The van der Waals surface area contributed by atoms with E-state index in [2.05, 4.69) is 6.92 Å². The topological polar surface area (TPSA) is 17.1 Å². The fraction of sp³-hybridized carbons (Fsp3) is 0.533. The molecular formula is C15H18ClFO. The lowest BCUT2D eigenvalue weighted by Gasteiger charge is -2.10. The Hall–Kier alpha value is -0.890. The molecule has 1 fully saturated rings. The molecular weight excluding hydrogens is 251 g/mol. The quantitative estimate of drug-likeness (QED) is 0.790. The molecule has 1 nitrogen and oxygen atoms in total. The van der Waals surface area contributed by atoms with Crippen LogP contribution in [0, 0.1) is 17.7 Å². The maximum atomic E-state index is 13.6. The molecule has 0 amide bonds. The lowest BCUT2D eigenvalue weighted by molar-refractivity contribution is -0.122. The van der Waals surface area contributed by atoms with Gasteiger partial charge in [0.1, 0.15) is 11.6 Å². The standard InChI is InChI=1S/C15H18ClFO/c1-2-10-6-7-11(8-10)15(18)9-12-13(16)4-3-5-14(12)17/h3-5,10-11H,2,6-9H2,1H3. The summed E-state index contributed by atoms with van der Waals surface area (Å²) < 4.78 is 13.6. The molecule has 1 aromatic rings. The minimum Gasteiger partial charge on any atom is -0.299 e. The van der Waals surface area contributed by atoms with Crippen LogP contribution in [-0.2, 0) is 11.2 Å². The highest BCUT2D eigenvalue weighted by Gasteiger charge is 2.29. The lowest BCUT2D eigenvalue weighted by atomic mass is 9.94. The number of ketones is 1. The Morgan fingerprint density at radius 2 is 2.22 bits per heavy atom. The first kappa shape index (κ1) is 13.5. The molecule has 1 aliphatic carbocycles. The summed E-state index contributed by atoms with van der Waals surface area (Å²) in [6, 6.07) is 4.56. The molecule has 2 unspecified atom stereocenters. The average molecular weight is 269 g/mol. The van der Waals surface area contributed by atoms with Gasteiger partial charge in [0.05, 0.1) is 0 Å². The van der Waals surface area contributed by atoms with E-state index in [1.54, 1.807) is 12.1 Å². The largest absolute Gasteiger partial charge is 0.299 e. The highest BCUT2D eigenvalue weighted by molar-refractivity contribution is 6.31. The van der Waals surface area contributed by atoms with Crippen LogP contribution in [0.3, 0.4) is 0 Å². The zero-order valence-electron chi connectivity index (χ0n) is 10.6. The molecule has 0 radical (unpaired) electrons. The van der Waals surface area contributed by atoms with E-state index in [-0.39, 0.29) is 23.9 Å². The summed E-state index contributed by atoms with van der Waals surface area (Å²) in [7, 11) is 0. The first-order valence-corrected chi connectivity index (χ1v) is 6.95. The Kier molecular flexibility index (Phi) is 4.39. The Labute approximate surface area is 112 Å². The van der Waals surface area contributed by atoms with Gasteiger partial charge in [-0.05, 0) is 37.3 Å². The number of benzene rings is 1. The summed E-state index contributed by atoms with van der Waals surface area (Å²) in [5, 5.41) is 0.355. The highest BCUT2D eigenvalue weighted by atomic mass is 35.5. The van der Waals surface area contributed by atoms with Crippen LogP contribution in [0.5, 0.6) is 0 Å². The van der Waals surface area contributed by atoms with E-state index in [1.807, 2.05) is 0 Å². The van der Waals surface area contributed by atoms with E-state index in [0.717, 1.165) is 25.7 Å². The number of carbonyl (C=O) groups excluding carboxylic acids is 1. The van der Waals surface area contributed by atoms with Gasteiger partial charge < -0.3 is 0 Å². The molecule has 2 atom stereocenters. The first-order valence-electron chi connectivity index (χ1n) is 6.57. The smallest absolute Gasteiger partial charge is 0.140 e. The fourth-order valence-electron chi connectivity index (χ4n) is 2.76. The Bertz CT molecular complexity index is 424. The van der Waals surface area contributed by atoms with Crippen LogP contribution in [0.4, 0.5) is 4.39 Å². The number of carbonyl (C=O) groups is 1. The van der Waals surface area contributed by atoms with Gasteiger partial charge in [0.25, 0.3) is 0 Å². The summed E-state index contributed by atoms with van der Waals surface area (Å²) in [5.41, 5.74) is 0.351. The molecule has 1 aliphatic rings. The molecule has 3 heteroatoms. The van der Waals surface area contributed by atoms with E-state index in [9.17, 15) is 9.18 Å². The van der Waals surface area contributed by atoms with Crippen LogP contribution in [0.25, 0.3) is 0 Å². The van der Waals surface area contributed by atoms with Crippen molar-refractivity contribution in [2.24, 2.45) is 11.8 Å². The van der Waals surface area contributed by atoms with Crippen LogP contribution >= 0.6 is 11.6 Å². The summed E-state index contributed by atoms with van der Waals surface area (Å²) in [4.78, 5) is 12.2. The van der Waals surface area contributed by atoms with Gasteiger partial charge >= 0.3 is 0 Å². The van der Waals surface area contributed by atoms with Crippen LogP contribution in [-0.4, -0.2) is 5.78 Å². The maximum absolute atomic E-state index is 13.6. The van der Waals surface area contributed by atoms with Gasteiger partial charge in [-0.2, -0.15) is 0 Å². The zero-order chi connectivity index (χ0) is 13.1. The SMILES string of the molecule is CCC1CCC(C(=O)Cc2c(F)cccc2Cl)C1. The molecule has 2 rings (SSSR count). The molecule has 1 saturated carbocycles. The zero-order valence-corrected chi connectivity index (χ0v) is 11.3. The molecule has 0 N–H and O–H groups in total. The number of hydrogen-bond donors (Lipinski definition) is 0. The van der Waals surface area contributed by atoms with Crippen LogP contribution in [0.15, 0.2) is 18.2 Å². The van der Waals surface area contributed by atoms with Gasteiger partial charge in [-0.3, -0.25) is 4.79 Å². The van der Waals surface area contributed by atoms with Gasteiger partial charge in [-0.15, -0.1) is 0 Å². The first-order chi connectivity index (χ1) is 8.61. The second-order valence-corrected chi connectivity index (χ2v) is 5.53. The highest BCUT2D eigenvalue weighted by Crippen LogP contribution is 2.34. The summed E-state index contributed by atoms with van der Waals surface area (Å²) in [5.74, 6) is 0.527. The van der Waals surface area contributed by atoms with Crippen molar-refractivity contribution in [3.8, 4) is 0 Å². The van der Waals surface area contributed by atoms with Gasteiger partial charge in [0.2, 0.25) is 0 Å². The molecule has 1 aromatic carbocycles. The summed E-state index contributed by atoms with van der Waals surface area (Å²) >= 11 is 5.94. The van der Waals surface area contributed by atoms with E-state index in [0.29, 0.717) is 16.5 Å². The van der Waals surface area contributed by atoms with Crippen molar-refractivity contribution < 1.29 is 9.18 Å². The second-order valence-electron chi connectivity index (χ2n) is 5.13.